The van der Waals surface area contributed by atoms with E-state index in [2.05, 4.69) is 53.6 Å². The highest BCUT2D eigenvalue weighted by Gasteiger charge is 2.13. The van der Waals surface area contributed by atoms with Crippen molar-refractivity contribution < 1.29 is 5.11 Å². The van der Waals surface area contributed by atoms with Crippen molar-refractivity contribution >= 4 is 22.9 Å². The largest absolute Gasteiger partial charge is 0.508 e. The van der Waals surface area contributed by atoms with Gasteiger partial charge < -0.3 is 10.4 Å². The maximum Gasteiger partial charge on any atom is 0.115 e. The van der Waals surface area contributed by atoms with E-state index in [0.29, 0.717) is 0 Å². The van der Waals surface area contributed by atoms with Crippen LogP contribution in [0.2, 0.25) is 0 Å². The zero-order valence-corrected chi connectivity index (χ0v) is 17.2. The Labute approximate surface area is 171 Å². The van der Waals surface area contributed by atoms with Crippen LogP contribution < -0.4 is 5.32 Å². The van der Waals surface area contributed by atoms with Crippen LogP contribution in [-0.2, 0) is 0 Å². The second-order valence-electron chi connectivity index (χ2n) is 6.46. The molecule has 0 radical (unpaired) electrons. The van der Waals surface area contributed by atoms with Crippen molar-refractivity contribution in [2.24, 2.45) is 0 Å². The molecule has 0 amide bonds. The first-order valence-corrected chi connectivity index (χ1v) is 10.5. The highest BCUT2D eigenvalue weighted by molar-refractivity contribution is 7.99. The Kier molecular flexibility index (Phi) is 7.29. The molecule has 28 heavy (non-hydrogen) atoms. The molecule has 0 saturated carbocycles. The first-order chi connectivity index (χ1) is 13.7. The smallest absolute Gasteiger partial charge is 0.115 e. The summed E-state index contributed by atoms with van der Waals surface area (Å²) in [6.45, 7) is 3.14. The van der Waals surface area contributed by atoms with Gasteiger partial charge in [-0.15, -0.1) is 11.8 Å². The molecule has 3 aromatic rings. The quantitative estimate of drug-likeness (QED) is 0.304. The van der Waals surface area contributed by atoms with Crippen LogP contribution in [0.1, 0.15) is 30.0 Å². The van der Waals surface area contributed by atoms with Crippen molar-refractivity contribution in [1.29, 1.82) is 0 Å². The summed E-state index contributed by atoms with van der Waals surface area (Å²) in [5, 5.41) is 13.9. The van der Waals surface area contributed by atoms with Crippen molar-refractivity contribution in [3.8, 4) is 5.75 Å². The molecule has 0 fully saturated rings. The lowest BCUT2D eigenvalue weighted by Gasteiger charge is -2.16. The molecular formula is C24H26N2OS. The van der Waals surface area contributed by atoms with Gasteiger partial charge in [-0.3, -0.25) is 0 Å². The maximum atomic E-state index is 9.72. The molecule has 0 spiro atoms. The zero-order chi connectivity index (χ0) is 19.8. The fourth-order valence-corrected chi connectivity index (χ4v) is 3.99. The standard InChI is InChI=1S/C24H26N2OS/c1-3-22(18-7-5-4-6-8-18)24(19-9-12-21(27)13-10-19)20-11-14-23(26-17-20)28-16-15-25-2/h4-14,17,25,27H,3,15-16H2,1-2H3. The van der Waals surface area contributed by atoms with E-state index in [9.17, 15) is 5.11 Å². The van der Waals surface area contributed by atoms with Crippen molar-refractivity contribution in [1.82, 2.24) is 10.3 Å². The summed E-state index contributed by atoms with van der Waals surface area (Å²) in [5.74, 6) is 1.27. The van der Waals surface area contributed by atoms with Gasteiger partial charge in [-0.1, -0.05) is 55.5 Å². The molecule has 0 aliphatic heterocycles. The number of nitrogens with one attached hydrogen (secondary N) is 1. The van der Waals surface area contributed by atoms with Crippen LogP contribution in [-0.4, -0.2) is 29.4 Å². The second-order valence-corrected chi connectivity index (χ2v) is 7.57. The normalized spacial score (nSPS) is 11.9. The lowest BCUT2D eigenvalue weighted by Crippen LogP contribution is -2.09. The molecule has 4 heteroatoms. The number of hydrogen-bond donors (Lipinski definition) is 2. The van der Waals surface area contributed by atoms with Crippen LogP contribution in [0.3, 0.4) is 0 Å². The third-order valence-corrected chi connectivity index (χ3v) is 5.51. The summed E-state index contributed by atoms with van der Waals surface area (Å²) in [7, 11) is 1.96. The zero-order valence-electron chi connectivity index (χ0n) is 16.4. The maximum absolute atomic E-state index is 9.72. The highest BCUT2D eigenvalue weighted by atomic mass is 32.2. The minimum Gasteiger partial charge on any atom is -0.508 e. The highest BCUT2D eigenvalue weighted by Crippen LogP contribution is 2.35. The Balaban J connectivity index is 2.06. The van der Waals surface area contributed by atoms with Crippen molar-refractivity contribution in [2.45, 2.75) is 18.4 Å². The van der Waals surface area contributed by atoms with Crippen LogP contribution in [0.5, 0.6) is 5.75 Å². The molecule has 2 aromatic carbocycles. The summed E-state index contributed by atoms with van der Waals surface area (Å²) >= 11 is 1.75. The van der Waals surface area contributed by atoms with Gasteiger partial charge in [0, 0.05) is 24.1 Å². The topological polar surface area (TPSA) is 45.1 Å². The fourth-order valence-electron chi connectivity index (χ4n) is 3.18. The number of aromatic hydroxyl groups is 1. The second kappa shape index (κ2) is 10.1. The first-order valence-electron chi connectivity index (χ1n) is 9.54. The lowest BCUT2D eigenvalue weighted by atomic mass is 9.89. The van der Waals surface area contributed by atoms with E-state index in [0.717, 1.165) is 40.4 Å². The predicted molar refractivity (Wildman–Crippen MR) is 120 cm³/mol. The van der Waals surface area contributed by atoms with Gasteiger partial charge in [-0.2, -0.15) is 0 Å². The Bertz CT molecular complexity index is 904. The number of nitrogens with zero attached hydrogens (tertiary/aromatic N) is 1. The van der Waals surface area contributed by atoms with Gasteiger partial charge in [0.15, 0.2) is 0 Å². The fraction of sp³-hybridized carbons (Fsp3) is 0.208. The number of benzene rings is 2. The number of aromatic nitrogens is 1. The summed E-state index contributed by atoms with van der Waals surface area (Å²) < 4.78 is 0. The minimum absolute atomic E-state index is 0.273. The van der Waals surface area contributed by atoms with Gasteiger partial charge in [0.05, 0.1) is 5.03 Å². The number of thioether (sulfide) groups is 1. The molecular weight excluding hydrogens is 364 g/mol. The molecule has 2 N–H and O–H groups in total. The van der Waals surface area contributed by atoms with Gasteiger partial charge in [0.25, 0.3) is 0 Å². The molecule has 0 unspecified atom stereocenters. The van der Waals surface area contributed by atoms with Crippen molar-refractivity contribution in [3.05, 3.63) is 89.6 Å². The Hall–Kier alpha value is -2.56. The molecule has 3 rings (SSSR count). The van der Waals surface area contributed by atoms with E-state index in [4.69, 9.17) is 0 Å². The van der Waals surface area contributed by atoms with Gasteiger partial charge in [-0.25, -0.2) is 4.98 Å². The van der Waals surface area contributed by atoms with Crippen LogP contribution in [0.15, 0.2) is 78.0 Å². The number of rotatable bonds is 8. The van der Waals surface area contributed by atoms with E-state index >= 15 is 0 Å². The van der Waals surface area contributed by atoms with E-state index in [-0.39, 0.29) is 5.75 Å². The van der Waals surface area contributed by atoms with Gasteiger partial charge in [0.2, 0.25) is 0 Å². The number of allylic oxidation sites excluding steroid dienone is 1. The number of hydrogen-bond acceptors (Lipinski definition) is 4. The number of phenols is 1. The summed E-state index contributed by atoms with van der Waals surface area (Å²) in [5.41, 5.74) is 5.80. The third kappa shape index (κ3) is 5.03. The van der Waals surface area contributed by atoms with Gasteiger partial charge in [0.1, 0.15) is 5.75 Å². The number of pyridine rings is 1. The molecule has 144 valence electrons. The SMILES string of the molecule is CCC(=C(c1ccc(O)cc1)c1ccc(SCCNC)nc1)c1ccccc1. The Morgan fingerprint density at radius 3 is 2.25 bits per heavy atom. The summed E-state index contributed by atoms with van der Waals surface area (Å²) in [6.07, 6.45) is 2.86. The average Bonchev–Trinajstić information content (AvgIpc) is 2.74. The molecule has 0 saturated heterocycles. The molecule has 3 nitrogen and oxygen atoms in total. The van der Waals surface area contributed by atoms with Crippen molar-refractivity contribution in [3.63, 3.8) is 0 Å². The van der Waals surface area contributed by atoms with Crippen LogP contribution in [0, 0.1) is 0 Å². The predicted octanol–water partition coefficient (Wildman–Crippen LogP) is 5.47. The summed E-state index contributed by atoms with van der Waals surface area (Å²) in [4.78, 5) is 4.68. The van der Waals surface area contributed by atoms with E-state index in [1.54, 1.807) is 23.9 Å². The van der Waals surface area contributed by atoms with Gasteiger partial charge in [-0.05, 0) is 53.9 Å². The van der Waals surface area contributed by atoms with Crippen LogP contribution >= 0.6 is 11.8 Å². The molecule has 0 aliphatic carbocycles. The molecule has 1 heterocycles. The monoisotopic (exact) mass is 390 g/mol. The molecule has 1 aromatic heterocycles. The van der Waals surface area contributed by atoms with E-state index < -0.39 is 0 Å². The Morgan fingerprint density at radius 1 is 0.929 bits per heavy atom. The summed E-state index contributed by atoms with van der Waals surface area (Å²) in [6, 6.07) is 22.1. The molecule has 0 aliphatic rings. The first kappa shape index (κ1) is 20.2. The Morgan fingerprint density at radius 2 is 1.64 bits per heavy atom. The lowest BCUT2D eigenvalue weighted by molar-refractivity contribution is 0.475. The number of phenolic OH excluding ortho intramolecular Hbond substituents is 1. The van der Waals surface area contributed by atoms with E-state index in [1.807, 2.05) is 31.4 Å². The molecule has 0 atom stereocenters. The van der Waals surface area contributed by atoms with Crippen molar-refractivity contribution in [2.75, 3.05) is 19.3 Å². The minimum atomic E-state index is 0.273. The third-order valence-electron chi connectivity index (χ3n) is 4.56. The average molecular weight is 391 g/mol. The van der Waals surface area contributed by atoms with Crippen LogP contribution in [0.25, 0.3) is 11.1 Å². The molecule has 0 bridgehead atoms. The van der Waals surface area contributed by atoms with E-state index in [1.165, 1.54) is 11.1 Å². The van der Waals surface area contributed by atoms with Crippen LogP contribution in [0.4, 0.5) is 0 Å². The van der Waals surface area contributed by atoms with Gasteiger partial charge >= 0.3 is 0 Å².